The number of aryl methyl sites for hydroxylation is 1. The molecule has 1 amide bonds. The van der Waals surface area contributed by atoms with Crippen molar-refractivity contribution in [2.75, 3.05) is 18.4 Å². The van der Waals surface area contributed by atoms with E-state index < -0.39 is 18.6 Å². The Bertz CT molecular complexity index is 391. The van der Waals surface area contributed by atoms with E-state index in [-0.39, 0.29) is 6.54 Å². The molecule has 1 aromatic heterocycles. The van der Waals surface area contributed by atoms with E-state index in [0.29, 0.717) is 16.5 Å². The van der Waals surface area contributed by atoms with Crippen molar-refractivity contribution in [3.05, 3.63) is 21.9 Å². The van der Waals surface area contributed by atoms with Crippen molar-refractivity contribution in [3.63, 3.8) is 0 Å². The standard InChI is InChI=1S/C10H11BrF3NOS/c1-7-4-17-5-8(7)9(16)15(3-2-11)6-10(12,13)14/h4-5H,2-3,6H2,1H3. The van der Waals surface area contributed by atoms with Crippen LogP contribution in [-0.4, -0.2) is 35.4 Å². The second-order valence-electron chi connectivity index (χ2n) is 3.50. The predicted octanol–water partition coefficient (Wildman–Crippen LogP) is 3.46. The van der Waals surface area contributed by atoms with Crippen LogP contribution in [0.4, 0.5) is 13.2 Å². The molecule has 0 saturated heterocycles. The highest BCUT2D eigenvalue weighted by Crippen LogP contribution is 2.21. The molecule has 96 valence electrons. The third-order valence-electron chi connectivity index (χ3n) is 2.10. The fraction of sp³-hybridized carbons (Fsp3) is 0.500. The van der Waals surface area contributed by atoms with E-state index in [0.717, 1.165) is 4.90 Å². The Morgan fingerprint density at radius 2 is 2.12 bits per heavy atom. The van der Waals surface area contributed by atoms with Gasteiger partial charge in [0.2, 0.25) is 0 Å². The third kappa shape index (κ3) is 4.31. The van der Waals surface area contributed by atoms with Gasteiger partial charge < -0.3 is 4.90 Å². The number of amides is 1. The maximum absolute atomic E-state index is 12.3. The van der Waals surface area contributed by atoms with E-state index in [2.05, 4.69) is 15.9 Å². The number of hydrogen-bond donors (Lipinski definition) is 0. The fourth-order valence-electron chi connectivity index (χ4n) is 1.32. The molecule has 1 heterocycles. The second kappa shape index (κ2) is 5.86. The highest BCUT2D eigenvalue weighted by Gasteiger charge is 2.33. The largest absolute Gasteiger partial charge is 0.406 e. The van der Waals surface area contributed by atoms with E-state index in [1.54, 1.807) is 17.7 Å². The first kappa shape index (κ1) is 14.5. The molecule has 1 rings (SSSR count). The highest BCUT2D eigenvalue weighted by molar-refractivity contribution is 9.09. The van der Waals surface area contributed by atoms with E-state index in [1.165, 1.54) is 11.3 Å². The maximum Gasteiger partial charge on any atom is 0.406 e. The van der Waals surface area contributed by atoms with Crippen LogP contribution in [0.15, 0.2) is 10.8 Å². The molecule has 0 bridgehead atoms. The quantitative estimate of drug-likeness (QED) is 0.775. The van der Waals surface area contributed by atoms with Crippen molar-refractivity contribution in [2.24, 2.45) is 0 Å². The minimum Gasteiger partial charge on any atom is -0.329 e. The number of nitrogens with zero attached hydrogens (tertiary/aromatic N) is 1. The van der Waals surface area contributed by atoms with Crippen LogP contribution in [0.3, 0.4) is 0 Å². The molecule has 7 heteroatoms. The lowest BCUT2D eigenvalue weighted by atomic mass is 10.2. The lowest BCUT2D eigenvalue weighted by Crippen LogP contribution is -2.40. The molecule has 0 unspecified atom stereocenters. The predicted molar refractivity (Wildman–Crippen MR) is 64.8 cm³/mol. The van der Waals surface area contributed by atoms with Crippen molar-refractivity contribution < 1.29 is 18.0 Å². The molecule has 0 aliphatic heterocycles. The highest BCUT2D eigenvalue weighted by atomic mass is 79.9. The molecule has 0 aromatic carbocycles. The molecule has 0 aliphatic rings. The lowest BCUT2D eigenvalue weighted by molar-refractivity contribution is -0.140. The maximum atomic E-state index is 12.3. The smallest absolute Gasteiger partial charge is 0.329 e. The second-order valence-corrected chi connectivity index (χ2v) is 5.04. The molecule has 1 aromatic rings. The van der Waals surface area contributed by atoms with E-state index >= 15 is 0 Å². The Morgan fingerprint density at radius 1 is 1.47 bits per heavy atom. The molecule has 2 nitrogen and oxygen atoms in total. The summed E-state index contributed by atoms with van der Waals surface area (Å²) < 4.78 is 37.0. The van der Waals surface area contributed by atoms with Gasteiger partial charge in [-0.1, -0.05) is 15.9 Å². The minimum absolute atomic E-state index is 0.0353. The van der Waals surface area contributed by atoms with Gasteiger partial charge in [-0.2, -0.15) is 24.5 Å². The summed E-state index contributed by atoms with van der Waals surface area (Å²) >= 11 is 4.36. The summed E-state index contributed by atoms with van der Waals surface area (Å²) in [6.07, 6.45) is -4.37. The molecule has 0 saturated carbocycles. The van der Waals surface area contributed by atoms with Gasteiger partial charge in [0, 0.05) is 17.3 Å². The number of thiophene rings is 1. The Morgan fingerprint density at radius 3 is 2.53 bits per heavy atom. The summed E-state index contributed by atoms with van der Waals surface area (Å²) in [4.78, 5) is 12.7. The number of hydrogen-bond acceptors (Lipinski definition) is 2. The molecule has 0 fully saturated rings. The van der Waals surface area contributed by atoms with Gasteiger partial charge in [-0.3, -0.25) is 4.79 Å². The van der Waals surface area contributed by atoms with Crippen LogP contribution in [0.5, 0.6) is 0 Å². The van der Waals surface area contributed by atoms with Gasteiger partial charge in [-0.05, 0) is 17.9 Å². The molecule has 0 radical (unpaired) electrons. The van der Waals surface area contributed by atoms with Crippen LogP contribution >= 0.6 is 27.3 Å². The topological polar surface area (TPSA) is 20.3 Å². The van der Waals surface area contributed by atoms with Gasteiger partial charge in [0.05, 0.1) is 5.56 Å². The van der Waals surface area contributed by atoms with Crippen molar-refractivity contribution in [2.45, 2.75) is 13.1 Å². The van der Waals surface area contributed by atoms with Crippen LogP contribution in [0.1, 0.15) is 15.9 Å². The number of rotatable bonds is 4. The van der Waals surface area contributed by atoms with Gasteiger partial charge in [-0.15, -0.1) is 0 Å². The number of carbonyl (C=O) groups excluding carboxylic acids is 1. The van der Waals surface area contributed by atoms with Gasteiger partial charge in [-0.25, -0.2) is 0 Å². The number of halogens is 4. The first-order chi connectivity index (χ1) is 7.85. The van der Waals surface area contributed by atoms with E-state index in [4.69, 9.17) is 0 Å². The zero-order valence-corrected chi connectivity index (χ0v) is 11.5. The molecule has 17 heavy (non-hydrogen) atoms. The summed E-state index contributed by atoms with van der Waals surface area (Å²) in [5, 5.41) is 3.64. The van der Waals surface area contributed by atoms with Crippen molar-refractivity contribution in [1.29, 1.82) is 0 Å². The van der Waals surface area contributed by atoms with Crippen molar-refractivity contribution >= 4 is 33.2 Å². The molecule has 0 aliphatic carbocycles. The van der Waals surface area contributed by atoms with Crippen molar-refractivity contribution in [3.8, 4) is 0 Å². The fourth-order valence-corrected chi connectivity index (χ4v) is 2.57. The Balaban J connectivity index is 2.84. The summed E-state index contributed by atoms with van der Waals surface area (Å²) in [6, 6.07) is 0. The first-order valence-corrected chi connectivity index (χ1v) is 6.86. The Kier molecular flexibility index (Phi) is 5.00. The third-order valence-corrected chi connectivity index (χ3v) is 3.31. The van der Waals surface area contributed by atoms with Crippen molar-refractivity contribution in [1.82, 2.24) is 4.90 Å². The zero-order chi connectivity index (χ0) is 13.1. The average molecular weight is 330 g/mol. The summed E-state index contributed by atoms with van der Waals surface area (Å²) in [5.41, 5.74) is 1.06. The molecule has 0 atom stereocenters. The lowest BCUT2D eigenvalue weighted by Gasteiger charge is -2.23. The van der Waals surface area contributed by atoms with Crippen LogP contribution in [0.2, 0.25) is 0 Å². The normalized spacial score (nSPS) is 11.6. The molecule has 0 N–H and O–H groups in total. The van der Waals surface area contributed by atoms with Gasteiger partial charge in [0.15, 0.2) is 0 Å². The van der Waals surface area contributed by atoms with E-state index in [9.17, 15) is 18.0 Å². The molecule has 0 spiro atoms. The van der Waals surface area contributed by atoms with Gasteiger partial charge >= 0.3 is 6.18 Å². The monoisotopic (exact) mass is 329 g/mol. The minimum atomic E-state index is -4.37. The summed E-state index contributed by atoms with van der Waals surface area (Å²) in [5.74, 6) is -0.569. The van der Waals surface area contributed by atoms with Crippen LogP contribution in [0, 0.1) is 6.92 Å². The Hall–Kier alpha value is -0.560. The first-order valence-electron chi connectivity index (χ1n) is 4.80. The van der Waals surface area contributed by atoms with Crippen LogP contribution in [0.25, 0.3) is 0 Å². The average Bonchev–Trinajstić information content (AvgIpc) is 2.61. The molecular weight excluding hydrogens is 319 g/mol. The van der Waals surface area contributed by atoms with Gasteiger partial charge in [0.25, 0.3) is 5.91 Å². The Labute approximate surface area is 110 Å². The number of alkyl halides is 4. The van der Waals surface area contributed by atoms with Crippen LogP contribution in [-0.2, 0) is 0 Å². The zero-order valence-electron chi connectivity index (χ0n) is 9.05. The molecular formula is C10H11BrF3NOS. The van der Waals surface area contributed by atoms with E-state index in [1.807, 2.05) is 0 Å². The summed E-state index contributed by atoms with van der Waals surface area (Å²) in [7, 11) is 0. The van der Waals surface area contributed by atoms with Crippen LogP contribution < -0.4 is 0 Å². The van der Waals surface area contributed by atoms with Gasteiger partial charge in [0.1, 0.15) is 6.54 Å². The summed E-state index contributed by atoms with van der Waals surface area (Å²) in [6.45, 7) is 0.532. The number of carbonyl (C=O) groups is 1. The SMILES string of the molecule is Cc1cscc1C(=O)N(CCBr)CC(F)(F)F.